The van der Waals surface area contributed by atoms with Crippen LogP contribution in [0.4, 0.5) is 0 Å². The van der Waals surface area contributed by atoms with Gasteiger partial charge in [-0.2, -0.15) is 0 Å². The van der Waals surface area contributed by atoms with Crippen LogP contribution in [0.25, 0.3) is 0 Å². The minimum Gasteiger partial charge on any atom is -0.497 e. The number of fused-ring (bicyclic) bond motifs is 1. The zero-order valence-corrected chi connectivity index (χ0v) is 17.1. The molecule has 2 aliphatic heterocycles. The van der Waals surface area contributed by atoms with E-state index in [2.05, 4.69) is 22.2 Å². The van der Waals surface area contributed by atoms with E-state index in [9.17, 15) is 8.42 Å². The maximum atomic E-state index is 13.1. The Balaban J connectivity index is 1.56. The van der Waals surface area contributed by atoms with E-state index in [0.717, 1.165) is 12.0 Å². The molecule has 0 fully saturated rings. The normalized spacial score (nSPS) is 17.8. The zero-order chi connectivity index (χ0) is 20.4. The molecule has 2 heterocycles. The molecule has 2 aliphatic rings. The molecule has 2 aromatic carbocycles. The van der Waals surface area contributed by atoms with Gasteiger partial charge in [0, 0.05) is 37.6 Å². The van der Waals surface area contributed by atoms with Gasteiger partial charge in [-0.05, 0) is 41.5 Å². The minimum atomic E-state index is -3.74. The second-order valence-corrected chi connectivity index (χ2v) is 8.78. The highest BCUT2D eigenvalue weighted by atomic mass is 32.2. The van der Waals surface area contributed by atoms with Crippen LogP contribution in [0.2, 0.25) is 0 Å². The highest BCUT2D eigenvalue weighted by molar-refractivity contribution is 7.91. The van der Waals surface area contributed by atoms with Gasteiger partial charge in [-0.1, -0.05) is 12.1 Å². The first-order valence-corrected chi connectivity index (χ1v) is 10.7. The Bertz CT molecular complexity index is 1100. The molecule has 2 aromatic rings. The molecule has 6 nitrogen and oxygen atoms in total. The number of hydrogen-bond donors (Lipinski definition) is 0. The molecule has 0 spiro atoms. The van der Waals surface area contributed by atoms with Crippen molar-refractivity contribution < 1.29 is 17.9 Å². The maximum absolute atomic E-state index is 13.1. The first-order chi connectivity index (χ1) is 14.0. The lowest BCUT2D eigenvalue weighted by molar-refractivity contribution is 0.392. The molecular formula is C22H22N2O4S. The number of benzene rings is 2. The molecule has 0 saturated heterocycles. The topological polar surface area (TPSA) is 68.2 Å². The first kappa shape index (κ1) is 19.3. The van der Waals surface area contributed by atoms with Crippen LogP contribution in [0.15, 0.2) is 81.3 Å². The SMILES string of the molecule is COc1ccc(OC)c(S(=O)(=O)c2ccc(CN3C=CC4N=CCC4=C3)cc2)c1. The number of aliphatic imine (C=N–C) groups is 1. The predicted molar refractivity (Wildman–Crippen MR) is 111 cm³/mol. The Hall–Kier alpha value is -3.06. The molecule has 0 aliphatic carbocycles. The van der Waals surface area contributed by atoms with Gasteiger partial charge in [0.2, 0.25) is 9.84 Å². The van der Waals surface area contributed by atoms with Crippen LogP contribution < -0.4 is 9.47 Å². The molecule has 29 heavy (non-hydrogen) atoms. The number of sulfone groups is 1. The summed E-state index contributed by atoms with van der Waals surface area (Å²) in [6.45, 7) is 0.662. The van der Waals surface area contributed by atoms with Crippen LogP contribution >= 0.6 is 0 Å². The number of hydrogen-bond acceptors (Lipinski definition) is 6. The van der Waals surface area contributed by atoms with Gasteiger partial charge in [0.25, 0.3) is 0 Å². The number of nitrogens with zero attached hydrogens (tertiary/aromatic N) is 2. The third kappa shape index (κ3) is 3.78. The monoisotopic (exact) mass is 410 g/mol. The Labute approximate surface area is 170 Å². The van der Waals surface area contributed by atoms with Crippen LogP contribution in [-0.4, -0.2) is 39.8 Å². The van der Waals surface area contributed by atoms with E-state index in [1.165, 1.54) is 25.9 Å². The summed E-state index contributed by atoms with van der Waals surface area (Å²) in [6.07, 6.45) is 9.03. The Morgan fingerprint density at radius 3 is 2.62 bits per heavy atom. The van der Waals surface area contributed by atoms with E-state index >= 15 is 0 Å². The van der Waals surface area contributed by atoms with Crippen molar-refractivity contribution in [3.8, 4) is 11.5 Å². The van der Waals surface area contributed by atoms with Crippen molar-refractivity contribution in [2.75, 3.05) is 14.2 Å². The van der Waals surface area contributed by atoms with Crippen molar-refractivity contribution >= 4 is 16.1 Å². The van der Waals surface area contributed by atoms with Crippen molar-refractivity contribution in [2.24, 2.45) is 4.99 Å². The molecule has 0 aromatic heterocycles. The molecule has 0 amide bonds. The molecule has 1 atom stereocenters. The highest BCUT2D eigenvalue weighted by Crippen LogP contribution is 2.33. The summed E-state index contributed by atoms with van der Waals surface area (Å²) in [5.74, 6) is 0.744. The second kappa shape index (κ2) is 7.75. The summed E-state index contributed by atoms with van der Waals surface area (Å²) in [7, 11) is -0.791. The number of methoxy groups -OCH3 is 2. The van der Waals surface area contributed by atoms with Gasteiger partial charge < -0.3 is 14.4 Å². The van der Waals surface area contributed by atoms with Crippen LogP contribution in [-0.2, 0) is 16.4 Å². The number of ether oxygens (including phenoxy) is 2. The molecule has 0 bridgehead atoms. The van der Waals surface area contributed by atoms with Crippen LogP contribution in [0.3, 0.4) is 0 Å². The van der Waals surface area contributed by atoms with Crippen molar-refractivity contribution in [3.05, 3.63) is 72.1 Å². The van der Waals surface area contributed by atoms with Gasteiger partial charge in [0.05, 0.1) is 25.2 Å². The quantitative estimate of drug-likeness (QED) is 0.728. The summed E-state index contributed by atoms with van der Waals surface area (Å²) >= 11 is 0. The van der Waals surface area contributed by atoms with E-state index in [1.54, 1.807) is 24.3 Å². The van der Waals surface area contributed by atoms with Crippen molar-refractivity contribution in [1.29, 1.82) is 0 Å². The zero-order valence-electron chi connectivity index (χ0n) is 16.3. The summed E-state index contributed by atoms with van der Waals surface area (Å²) in [6, 6.07) is 11.9. The third-order valence-electron chi connectivity index (χ3n) is 5.02. The van der Waals surface area contributed by atoms with Crippen molar-refractivity contribution in [2.45, 2.75) is 28.8 Å². The molecule has 0 radical (unpaired) electrons. The molecule has 1 unspecified atom stereocenters. The summed E-state index contributed by atoms with van der Waals surface area (Å²) in [5, 5.41) is 0. The lowest BCUT2D eigenvalue weighted by Gasteiger charge is -2.22. The molecule has 7 heteroatoms. The van der Waals surface area contributed by atoms with Gasteiger partial charge in [0.15, 0.2) is 0 Å². The van der Waals surface area contributed by atoms with Gasteiger partial charge in [-0.25, -0.2) is 8.42 Å². The Morgan fingerprint density at radius 2 is 1.90 bits per heavy atom. The molecule has 0 saturated carbocycles. The lowest BCUT2D eigenvalue weighted by Crippen LogP contribution is -2.17. The summed E-state index contributed by atoms with van der Waals surface area (Å²) in [5.41, 5.74) is 2.29. The van der Waals surface area contributed by atoms with Crippen LogP contribution in [0, 0.1) is 0 Å². The highest BCUT2D eigenvalue weighted by Gasteiger charge is 2.23. The smallest absolute Gasteiger partial charge is 0.210 e. The van der Waals surface area contributed by atoms with Gasteiger partial charge in [0.1, 0.15) is 16.4 Å². The van der Waals surface area contributed by atoms with Crippen molar-refractivity contribution in [3.63, 3.8) is 0 Å². The average molecular weight is 410 g/mol. The molecule has 4 rings (SSSR count). The second-order valence-electron chi connectivity index (χ2n) is 6.86. The van der Waals surface area contributed by atoms with Crippen LogP contribution in [0.5, 0.6) is 11.5 Å². The molecular weight excluding hydrogens is 388 g/mol. The predicted octanol–water partition coefficient (Wildman–Crippen LogP) is 3.59. The standard InChI is InChI=1S/C22H22N2O4S/c1-27-18-5-8-21(28-2)22(13-18)29(25,26)19-6-3-16(4-7-19)14-24-12-10-20-17(15-24)9-11-23-20/h3-8,10-13,15,20H,9,14H2,1-2H3. The molecule has 150 valence electrons. The summed E-state index contributed by atoms with van der Waals surface area (Å²) < 4.78 is 36.7. The fourth-order valence-corrected chi connectivity index (χ4v) is 4.88. The van der Waals surface area contributed by atoms with Gasteiger partial charge in [-0.15, -0.1) is 0 Å². The summed E-state index contributed by atoms with van der Waals surface area (Å²) in [4.78, 5) is 6.79. The Morgan fingerprint density at radius 1 is 1.10 bits per heavy atom. The Kier molecular flexibility index (Phi) is 5.15. The third-order valence-corrected chi connectivity index (χ3v) is 6.81. The van der Waals surface area contributed by atoms with Gasteiger partial charge in [-0.3, -0.25) is 4.99 Å². The average Bonchev–Trinajstić information content (AvgIpc) is 3.21. The fourth-order valence-electron chi connectivity index (χ4n) is 3.44. The van der Waals surface area contributed by atoms with E-state index in [0.29, 0.717) is 12.3 Å². The number of rotatable bonds is 6. The van der Waals surface area contributed by atoms with Crippen LogP contribution in [0.1, 0.15) is 12.0 Å². The first-order valence-electron chi connectivity index (χ1n) is 9.23. The molecule has 0 N–H and O–H groups in total. The van der Waals surface area contributed by atoms with E-state index in [1.807, 2.05) is 24.5 Å². The fraction of sp³-hybridized carbons (Fsp3) is 0.227. The lowest BCUT2D eigenvalue weighted by atomic mass is 10.1. The largest absolute Gasteiger partial charge is 0.497 e. The van der Waals surface area contributed by atoms with E-state index < -0.39 is 9.84 Å². The van der Waals surface area contributed by atoms with E-state index in [-0.39, 0.29) is 21.6 Å². The van der Waals surface area contributed by atoms with Gasteiger partial charge >= 0.3 is 0 Å². The van der Waals surface area contributed by atoms with E-state index in [4.69, 9.17) is 9.47 Å². The minimum absolute atomic E-state index is 0.0862. The maximum Gasteiger partial charge on any atom is 0.210 e. The van der Waals surface area contributed by atoms with Crippen molar-refractivity contribution in [1.82, 2.24) is 4.90 Å².